The van der Waals surface area contributed by atoms with E-state index in [1.54, 1.807) is 0 Å². The second-order valence-electron chi connectivity index (χ2n) is 6.83. The van der Waals surface area contributed by atoms with Gasteiger partial charge in [0.15, 0.2) is 0 Å². The molecule has 0 bridgehead atoms. The fourth-order valence-electron chi connectivity index (χ4n) is 3.83. The van der Waals surface area contributed by atoms with Crippen molar-refractivity contribution in [3.8, 4) is 0 Å². The number of para-hydroxylation sites is 1. The van der Waals surface area contributed by atoms with E-state index in [4.69, 9.17) is 0 Å². The van der Waals surface area contributed by atoms with E-state index in [0.717, 1.165) is 49.2 Å². The van der Waals surface area contributed by atoms with E-state index in [1.165, 1.54) is 5.56 Å². The number of nitrogens with one attached hydrogen (secondary N) is 1. The molecule has 5 nitrogen and oxygen atoms in total. The van der Waals surface area contributed by atoms with E-state index in [1.807, 2.05) is 36.5 Å². The molecule has 0 aliphatic carbocycles. The van der Waals surface area contributed by atoms with E-state index < -0.39 is 12.0 Å². The lowest BCUT2D eigenvalue weighted by Crippen LogP contribution is -2.48. The van der Waals surface area contributed by atoms with Crippen LogP contribution < -0.4 is 0 Å². The Morgan fingerprint density at radius 3 is 2.42 bits per heavy atom. The summed E-state index contributed by atoms with van der Waals surface area (Å²) in [6.07, 6.45) is 1.85. The van der Waals surface area contributed by atoms with Gasteiger partial charge in [-0.3, -0.25) is 14.6 Å². The molecule has 4 rings (SSSR count). The van der Waals surface area contributed by atoms with Gasteiger partial charge in [0.25, 0.3) is 0 Å². The second-order valence-corrected chi connectivity index (χ2v) is 6.83. The minimum Gasteiger partial charge on any atom is -0.480 e. The predicted octanol–water partition coefficient (Wildman–Crippen LogP) is 3.11. The molecule has 0 saturated carbocycles. The van der Waals surface area contributed by atoms with E-state index in [9.17, 15) is 9.90 Å². The molecule has 3 aromatic rings. The maximum Gasteiger partial charge on any atom is 0.325 e. The molecule has 2 N–H and O–H groups in total. The van der Waals surface area contributed by atoms with Crippen LogP contribution in [0.25, 0.3) is 10.9 Å². The zero-order valence-electron chi connectivity index (χ0n) is 14.6. The van der Waals surface area contributed by atoms with Crippen LogP contribution in [0.15, 0.2) is 60.8 Å². The van der Waals surface area contributed by atoms with Crippen molar-refractivity contribution in [1.82, 2.24) is 14.8 Å². The Hall–Kier alpha value is -2.63. The SMILES string of the molecule is O=C(O)[C@@H](c1c[nH]c2ccccc12)N1CCN(Cc2ccccc2)CC1. The molecule has 1 saturated heterocycles. The highest BCUT2D eigenvalue weighted by atomic mass is 16.4. The molecule has 1 aliphatic rings. The van der Waals surface area contributed by atoms with Gasteiger partial charge in [0.1, 0.15) is 6.04 Å². The zero-order valence-corrected chi connectivity index (χ0v) is 14.6. The largest absolute Gasteiger partial charge is 0.480 e. The van der Waals surface area contributed by atoms with Crippen molar-refractivity contribution in [2.75, 3.05) is 26.2 Å². The number of hydrogen-bond acceptors (Lipinski definition) is 3. The van der Waals surface area contributed by atoms with Crippen molar-refractivity contribution in [2.45, 2.75) is 12.6 Å². The summed E-state index contributed by atoms with van der Waals surface area (Å²) in [5, 5.41) is 10.9. The molecule has 2 aromatic carbocycles. The maximum atomic E-state index is 12.0. The molecule has 1 atom stereocenters. The average molecular weight is 349 g/mol. The first-order chi connectivity index (χ1) is 12.7. The lowest BCUT2D eigenvalue weighted by molar-refractivity contribution is -0.144. The summed E-state index contributed by atoms with van der Waals surface area (Å²) >= 11 is 0. The number of carboxylic acid groups (broad SMARTS) is 1. The molecule has 26 heavy (non-hydrogen) atoms. The third-order valence-electron chi connectivity index (χ3n) is 5.17. The molecule has 1 aromatic heterocycles. The molecule has 134 valence electrons. The number of aliphatic carboxylic acids is 1. The van der Waals surface area contributed by atoms with Crippen molar-refractivity contribution in [2.24, 2.45) is 0 Å². The van der Waals surface area contributed by atoms with Crippen molar-refractivity contribution >= 4 is 16.9 Å². The number of rotatable bonds is 5. The Bertz CT molecular complexity index is 882. The van der Waals surface area contributed by atoms with Gasteiger partial charge in [-0.15, -0.1) is 0 Å². The van der Waals surface area contributed by atoms with Crippen molar-refractivity contribution < 1.29 is 9.90 Å². The van der Waals surface area contributed by atoms with E-state index in [-0.39, 0.29) is 0 Å². The summed E-state index contributed by atoms with van der Waals surface area (Å²) in [6.45, 7) is 4.17. The first-order valence-electron chi connectivity index (χ1n) is 9.01. The number of benzene rings is 2. The monoisotopic (exact) mass is 349 g/mol. The first-order valence-corrected chi connectivity index (χ1v) is 9.01. The molecule has 5 heteroatoms. The molecule has 0 unspecified atom stereocenters. The summed E-state index contributed by atoms with van der Waals surface area (Å²) in [5.74, 6) is -0.786. The van der Waals surface area contributed by atoms with Crippen LogP contribution in [-0.2, 0) is 11.3 Å². The Morgan fingerprint density at radius 1 is 1.00 bits per heavy atom. The summed E-state index contributed by atoms with van der Waals surface area (Å²) in [7, 11) is 0. The highest BCUT2D eigenvalue weighted by Crippen LogP contribution is 2.29. The highest BCUT2D eigenvalue weighted by molar-refractivity contribution is 5.89. The number of piperazine rings is 1. The lowest BCUT2D eigenvalue weighted by atomic mass is 10.0. The molecule has 2 heterocycles. The Kier molecular flexibility index (Phi) is 4.73. The lowest BCUT2D eigenvalue weighted by Gasteiger charge is -2.37. The van der Waals surface area contributed by atoms with Crippen LogP contribution in [0.5, 0.6) is 0 Å². The summed E-state index contributed by atoms with van der Waals surface area (Å²) in [4.78, 5) is 19.7. The van der Waals surface area contributed by atoms with Gasteiger partial charge in [0.2, 0.25) is 0 Å². The van der Waals surface area contributed by atoms with Crippen LogP contribution in [0.3, 0.4) is 0 Å². The van der Waals surface area contributed by atoms with Crippen LogP contribution in [0.2, 0.25) is 0 Å². The van der Waals surface area contributed by atoms with Gasteiger partial charge in [-0.05, 0) is 11.6 Å². The van der Waals surface area contributed by atoms with Gasteiger partial charge in [0, 0.05) is 55.4 Å². The molecular formula is C21H23N3O2. The summed E-state index contributed by atoms with van der Waals surface area (Å²) in [5.41, 5.74) is 3.13. The van der Waals surface area contributed by atoms with Crippen LogP contribution in [0.4, 0.5) is 0 Å². The van der Waals surface area contributed by atoms with Crippen LogP contribution >= 0.6 is 0 Å². The molecule has 0 radical (unpaired) electrons. The third kappa shape index (κ3) is 3.36. The number of aromatic nitrogens is 1. The average Bonchev–Trinajstić information content (AvgIpc) is 3.08. The van der Waals surface area contributed by atoms with E-state index in [0.29, 0.717) is 0 Å². The van der Waals surface area contributed by atoms with Crippen molar-refractivity contribution in [3.05, 3.63) is 71.9 Å². The zero-order chi connectivity index (χ0) is 17.9. The number of hydrogen-bond donors (Lipinski definition) is 2. The maximum absolute atomic E-state index is 12.0. The Labute approximate surface area is 152 Å². The molecule has 1 aliphatic heterocycles. The first kappa shape index (κ1) is 16.8. The van der Waals surface area contributed by atoms with Crippen LogP contribution in [0.1, 0.15) is 17.2 Å². The second kappa shape index (κ2) is 7.32. The fraction of sp³-hybridized carbons (Fsp3) is 0.286. The van der Waals surface area contributed by atoms with Crippen LogP contribution in [0, 0.1) is 0 Å². The minimum atomic E-state index is -0.786. The number of aromatic amines is 1. The Morgan fingerprint density at radius 2 is 1.69 bits per heavy atom. The Balaban J connectivity index is 1.48. The number of H-pyrrole nitrogens is 1. The summed E-state index contributed by atoms with van der Waals surface area (Å²) < 4.78 is 0. The summed E-state index contributed by atoms with van der Waals surface area (Å²) in [6, 6.07) is 17.7. The number of fused-ring (bicyclic) bond motifs is 1. The normalized spacial score (nSPS) is 17.4. The van der Waals surface area contributed by atoms with Crippen LogP contribution in [-0.4, -0.2) is 52.0 Å². The fourth-order valence-corrected chi connectivity index (χ4v) is 3.83. The standard InChI is InChI=1S/C21H23N3O2/c25-21(26)20(18-14-22-19-9-5-4-8-17(18)19)24-12-10-23(11-13-24)15-16-6-2-1-3-7-16/h1-9,14,20,22H,10-13,15H2,(H,25,26)/t20-/m1/s1. The van der Waals surface area contributed by atoms with Gasteiger partial charge in [-0.25, -0.2) is 0 Å². The number of carboxylic acids is 1. The van der Waals surface area contributed by atoms with Crippen molar-refractivity contribution in [1.29, 1.82) is 0 Å². The highest BCUT2D eigenvalue weighted by Gasteiger charge is 2.31. The van der Waals surface area contributed by atoms with Gasteiger partial charge < -0.3 is 10.1 Å². The molecule has 0 spiro atoms. The third-order valence-corrected chi connectivity index (χ3v) is 5.17. The minimum absolute atomic E-state index is 0.606. The number of nitrogens with zero attached hydrogens (tertiary/aromatic N) is 2. The van der Waals surface area contributed by atoms with Gasteiger partial charge >= 0.3 is 5.97 Å². The van der Waals surface area contributed by atoms with E-state index >= 15 is 0 Å². The van der Waals surface area contributed by atoms with E-state index in [2.05, 4.69) is 39.0 Å². The van der Waals surface area contributed by atoms with Gasteiger partial charge in [-0.2, -0.15) is 0 Å². The van der Waals surface area contributed by atoms with Gasteiger partial charge in [0.05, 0.1) is 0 Å². The molecule has 1 fully saturated rings. The smallest absolute Gasteiger partial charge is 0.325 e. The molecule has 0 amide bonds. The van der Waals surface area contributed by atoms with Crippen molar-refractivity contribution in [3.63, 3.8) is 0 Å². The topological polar surface area (TPSA) is 59.6 Å². The molecular weight excluding hydrogens is 326 g/mol. The predicted molar refractivity (Wildman–Crippen MR) is 102 cm³/mol. The number of carbonyl (C=O) groups is 1. The quantitative estimate of drug-likeness (QED) is 0.743. The van der Waals surface area contributed by atoms with Gasteiger partial charge in [-0.1, -0.05) is 48.5 Å².